The first kappa shape index (κ1) is 18.0. The van der Waals surface area contributed by atoms with Gasteiger partial charge in [0.2, 0.25) is 5.91 Å². The van der Waals surface area contributed by atoms with Gasteiger partial charge in [-0.1, -0.05) is 13.3 Å². The molecule has 6 nitrogen and oxygen atoms in total. The third kappa shape index (κ3) is 4.73. The summed E-state index contributed by atoms with van der Waals surface area (Å²) in [4.78, 5) is 25.6. The highest BCUT2D eigenvalue weighted by atomic mass is 16.5. The van der Waals surface area contributed by atoms with Crippen LogP contribution in [-0.4, -0.2) is 43.5 Å². The second-order valence-corrected chi connectivity index (χ2v) is 5.23. The van der Waals surface area contributed by atoms with Crippen molar-refractivity contribution in [3.63, 3.8) is 0 Å². The minimum Gasteiger partial charge on any atom is -0.492 e. The first-order valence-electron chi connectivity index (χ1n) is 7.45. The number of rotatable bonds is 7. The molecule has 1 unspecified atom stereocenters. The summed E-state index contributed by atoms with van der Waals surface area (Å²) in [5, 5.41) is 2.75. The highest BCUT2D eigenvalue weighted by molar-refractivity contribution is 5.99. The van der Waals surface area contributed by atoms with Crippen LogP contribution in [0.1, 0.15) is 37.0 Å². The van der Waals surface area contributed by atoms with Crippen LogP contribution in [0.5, 0.6) is 5.75 Å². The summed E-state index contributed by atoms with van der Waals surface area (Å²) in [6, 6.07) is 4.40. The Morgan fingerprint density at radius 3 is 2.55 bits per heavy atom. The predicted octanol–water partition coefficient (Wildman–Crippen LogP) is 1.85. The van der Waals surface area contributed by atoms with E-state index in [1.165, 1.54) is 4.90 Å². The molecule has 2 amide bonds. The third-order valence-electron chi connectivity index (χ3n) is 3.13. The standard InChI is InChI=1S/C16H25N3O3/c1-5-7-12(17)15(20)18-13-10-11(16(21)19(3)4)8-9-14(13)22-6-2/h8-10,12H,5-7,17H2,1-4H3,(H,18,20). The number of nitrogens with two attached hydrogens (primary N) is 1. The number of nitrogens with zero attached hydrogens (tertiary/aromatic N) is 1. The van der Waals surface area contributed by atoms with Crippen LogP contribution in [0, 0.1) is 0 Å². The Morgan fingerprint density at radius 2 is 2.00 bits per heavy atom. The number of carbonyl (C=O) groups is 2. The maximum absolute atomic E-state index is 12.1. The van der Waals surface area contributed by atoms with Crippen LogP contribution >= 0.6 is 0 Å². The Labute approximate surface area is 131 Å². The molecule has 122 valence electrons. The van der Waals surface area contributed by atoms with E-state index in [4.69, 9.17) is 10.5 Å². The van der Waals surface area contributed by atoms with Crippen molar-refractivity contribution in [1.29, 1.82) is 0 Å². The molecule has 0 aromatic heterocycles. The molecule has 0 bridgehead atoms. The van der Waals surface area contributed by atoms with Crippen molar-refractivity contribution in [1.82, 2.24) is 4.90 Å². The van der Waals surface area contributed by atoms with E-state index in [1.54, 1.807) is 32.3 Å². The summed E-state index contributed by atoms with van der Waals surface area (Å²) in [5.41, 5.74) is 6.76. The molecule has 3 N–H and O–H groups in total. The number of carbonyl (C=O) groups excluding carboxylic acids is 2. The van der Waals surface area contributed by atoms with Crippen molar-refractivity contribution in [3.8, 4) is 5.75 Å². The highest BCUT2D eigenvalue weighted by Gasteiger charge is 2.17. The molecule has 22 heavy (non-hydrogen) atoms. The maximum Gasteiger partial charge on any atom is 0.253 e. The Hall–Kier alpha value is -2.08. The minimum absolute atomic E-state index is 0.142. The summed E-state index contributed by atoms with van der Waals surface area (Å²) in [7, 11) is 3.35. The van der Waals surface area contributed by atoms with Crippen LogP contribution in [0.3, 0.4) is 0 Å². The fourth-order valence-electron chi connectivity index (χ4n) is 1.97. The predicted molar refractivity (Wildman–Crippen MR) is 87.1 cm³/mol. The number of benzene rings is 1. The molecule has 0 aliphatic heterocycles. The van der Waals surface area contributed by atoms with Gasteiger partial charge in [-0.05, 0) is 31.5 Å². The van der Waals surface area contributed by atoms with Gasteiger partial charge in [0.25, 0.3) is 5.91 Å². The van der Waals surface area contributed by atoms with E-state index >= 15 is 0 Å². The molecular formula is C16H25N3O3. The summed E-state index contributed by atoms with van der Waals surface area (Å²) in [5.74, 6) is 0.100. The topological polar surface area (TPSA) is 84.7 Å². The number of hydrogen-bond acceptors (Lipinski definition) is 4. The van der Waals surface area contributed by atoms with Crippen LogP contribution in [0.4, 0.5) is 5.69 Å². The molecule has 0 spiro atoms. The second kappa shape index (κ2) is 8.38. The number of nitrogens with one attached hydrogen (secondary N) is 1. The van der Waals surface area contributed by atoms with E-state index in [0.29, 0.717) is 30.0 Å². The molecule has 1 atom stereocenters. The largest absolute Gasteiger partial charge is 0.492 e. The molecule has 1 aromatic rings. The zero-order valence-corrected chi connectivity index (χ0v) is 13.7. The fourth-order valence-corrected chi connectivity index (χ4v) is 1.97. The van der Waals surface area contributed by atoms with Gasteiger partial charge >= 0.3 is 0 Å². The summed E-state index contributed by atoms with van der Waals surface area (Å²) >= 11 is 0. The van der Waals surface area contributed by atoms with Gasteiger partial charge in [0.1, 0.15) is 5.75 Å². The van der Waals surface area contributed by atoms with Crippen molar-refractivity contribution >= 4 is 17.5 Å². The van der Waals surface area contributed by atoms with Crippen LogP contribution < -0.4 is 15.8 Å². The van der Waals surface area contributed by atoms with E-state index in [1.807, 2.05) is 13.8 Å². The minimum atomic E-state index is -0.576. The van der Waals surface area contributed by atoms with Crippen LogP contribution in [0.15, 0.2) is 18.2 Å². The third-order valence-corrected chi connectivity index (χ3v) is 3.13. The number of amides is 2. The van der Waals surface area contributed by atoms with E-state index < -0.39 is 6.04 Å². The van der Waals surface area contributed by atoms with E-state index in [-0.39, 0.29) is 11.8 Å². The molecule has 1 aromatic carbocycles. The second-order valence-electron chi connectivity index (χ2n) is 5.23. The van der Waals surface area contributed by atoms with Crippen molar-refractivity contribution in [3.05, 3.63) is 23.8 Å². The number of ether oxygens (including phenoxy) is 1. The average Bonchev–Trinajstić information content (AvgIpc) is 2.48. The molecule has 0 aliphatic rings. The quantitative estimate of drug-likeness (QED) is 0.805. The Bertz CT molecular complexity index is 529. The highest BCUT2D eigenvalue weighted by Crippen LogP contribution is 2.26. The molecular weight excluding hydrogens is 282 g/mol. The normalized spacial score (nSPS) is 11.7. The Kier molecular flexibility index (Phi) is 6.85. The summed E-state index contributed by atoms with van der Waals surface area (Å²) < 4.78 is 5.49. The molecule has 0 saturated heterocycles. The average molecular weight is 307 g/mol. The molecule has 0 heterocycles. The number of anilines is 1. The van der Waals surface area contributed by atoms with Gasteiger partial charge in [-0.25, -0.2) is 0 Å². The van der Waals surface area contributed by atoms with Crippen molar-refractivity contribution < 1.29 is 14.3 Å². The first-order valence-corrected chi connectivity index (χ1v) is 7.45. The van der Waals surface area contributed by atoms with Crippen LogP contribution in [-0.2, 0) is 4.79 Å². The van der Waals surface area contributed by atoms with Crippen molar-refractivity contribution in [2.24, 2.45) is 5.73 Å². The monoisotopic (exact) mass is 307 g/mol. The lowest BCUT2D eigenvalue weighted by Gasteiger charge is -2.17. The van der Waals surface area contributed by atoms with Crippen LogP contribution in [0.25, 0.3) is 0 Å². The molecule has 0 saturated carbocycles. The summed E-state index contributed by atoms with van der Waals surface area (Å²) in [6.07, 6.45) is 1.43. The zero-order chi connectivity index (χ0) is 16.7. The molecule has 0 aliphatic carbocycles. The van der Waals surface area contributed by atoms with Gasteiger partial charge < -0.3 is 20.7 Å². The Balaban J connectivity index is 3.04. The fraction of sp³-hybridized carbons (Fsp3) is 0.500. The SMILES string of the molecule is CCCC(N)C(=O)Nc1cc(C(=O)N(C)C)ccc1OCC. The van der Waals surface area contributed by atoms with Gasteiger partial charge in [0, 0.05) is 19.7 Å². The molecule has 0 radical (unpaired) electrons. The van der Waals surface area contributed by atoms with E-state index in [2.05, 4.69) is 5.32 Å². The van der Waals surface area contributed by atoms with Gasteiger partial charge in [-0.15, -0.1) is 0 Å². The van der Waals surface area contributed by atoms with Gasteiger partial charge in [0.15, 0.2) is 0 Å². The van der Waals surface area contributed by atoms with Crippen LogP contribution in [0.2, 0.25) is 0 Å². The smallest absolute Gasteiger partial charge is 0.253 e. The maximum atomic E-state index is 12.1. The lowest BCUT2D eigenvalue weighted by molar-refractivity contribution is -0.117. The first-order chi connectivity index (χ1) is 10.4. The molecule has 0 fully saturated rings. The van der Waals surface area contributed by atoms with E-state index in [9.17, 15) is 9.59 Å². The van der Waals surface area contributed by atoms with Crippen molar-refractivity contribution in [2.45, 2.75) is 32.7 Å². The van der Waals surface area contributed by atoms with Gasteiger partial charge in [-0.3, -0.25) is 9.59 Å². The Morgan fingerprint density at radius 1 is 1.32 bits per heavy atom. The lowest BCUT2D eigenvalue weighted by atomic mass is 10.1. The van der Waals surface area contributed by atoms with Gasteiger partial charge in [0.05, 0.1) is 18.3 Å². The number of hydrogen-bond donors (Lipinski definition) is 2. The molecule has 1 rings (SSSR count). The summed E-state index contributed by atoms with van der Waals surface area (Å²) in [6.45, 7) is 4.29. The lowest BCUT2D eigenvalue weighted by Crippen LogP contribution is -2.35. The van der Waals surface area contributed by atoms with Gasteiger partial charge in [-0.2, -0.15) is 0 Å². The van der Waals surface area contributed by atoms with E-state index in [0.717, 1.165) is 6.42 Å². The zero-order valence-electron chi connectivity index (χ0n) is 13.7. The van der Waals surface area contributed by atoms with Crippen molar-refractivity contribution in [2.75, 3.05) is 26.0 Å². The molecule has 6 heteroatoms.